The Morgan fingerprint density at radius 1 is 1.00 bits per heavy atom. The van der Waals surface area contributed by atoms with Gasteiger partial charge in [0.2, 0.25) is 5.13 Å². The molecule has 4 rings (SSSR count). The van der Waals surface area contributed by atoms with Crippen LogP contribution in [0.1, 0.15) is 21.7 Å². The number of carbonyl (C=O) groups excluding carboxylic acids is 1. The maximum Gasteiger partial charge on any atom is 0.255 e. The third-order valence-electron chi connectivity index (χ3n) is 4.60. The first kappa shape index (κ1) is 18.1. The van der Waals surface area contributed by atoms with E-state index in [-0.39, 0.29) is 5.91 Å². The van der Waals surface area contributed by atoms with Crippen molar-refractivity contribution in [2.75, 3.05) is 31.1 Å². The number of anilines is 1. The van der Waals surface area contributed by atoms with Crippen LogP contribution < -0.4 is 4.90 Å². The van der Waals surface area contributed by atoms with Crippen LogP contribution in [0.15, 0.2) is 59.1 Å². The quantitative estimate of drug-likeness (QED) is 0.615. The smallest absolute Gasteiger partial charge is 0.255 e. The first-order chi connectivity index (χ1) is 13.2. The Balaban J connectivity index is 1.37. The molecule has 2 heterocycles. The lowest BCUT2D eigenvalue weighted by Crippen LogP contribution is -2.48. The van der Waals surface area contributed by atoms with Crippen LogP contribution in [-0.4, -0.2) is 46.3 Å². The lowest BCUT2D eigenvalue weighted by Gasteiger charge is -2.34. The van der Waals surface area contributed by atoms with E-state index in [0.717, 1.165) is 34.9 Å². The van der Waals surface area contributed by atoms with Gasteiger partial charge in [0.05, 0.1) is 5.56 Å². The second kappa shape index (κ2) is 8.19. The summed E-state index contributed by atoms with van der Waals surface area (Å²) in [6, 6.07) is 17.8. The minimum Gasteiger partial charge on any atom is -0.343 e. The van der Waals surface area contributed by atoms with Crippen molar-refractivity contribution >= 4 is 38.5 Å². The van der Waals surface area contributed by atoms with Gasteiger partial charge in [0.1, 0.15) is 5.82 Å². The molecule has 2 aromatic carbocycles. The van der Waals surface area contributed by atoms with Crippen molar-refractivity contribution < 1.29 is 4.79 Å². The van der Waals surface area contributed by atoms with Crippen molar-refractivity contribution in [3.05, 3.63) is 76.0 Å². The summed E-state index contributed by atoms with van der Waals surface area (Å²) in [4.78, 5) is 21.5. The number of aromatic nitrogens is 2. The van der Waals surface area contributed by atoms with E-state index in [1.165, 1.54) is 17.1 Å². The van der Waals surface area contributed by atoms with Gasteiger partial charge in [-0.1, -0.05) is 42.5 Å². The van der Waals surface area contributed by atoms with Crippen LogP contribution in [0, 0.1) is 0 Å². The van der Waals surface area contributed by atoms with Crippen molar-refractivity contribution in [1.82, 2.24) is 14.3 Å². The molecule has 0 saturated carbocycles. The lowest BCUT2D eigenvalue weighted by molar-refractivity contribution is 0.0746. The van der Waals surface area contributed by atoms with Crippen molar-refractivity contribution in [2.45, 2.75) is 6.42 Å². The molecule has 27 heavy (non-hydrogen) atoms. The molecule has 1 aromatic heterocycles. The minimum atomic E-state index is 0.0733. The zero-order valence-electron chi connectivity index (χ0n) is 14.7. The molecule has 0 atom stereocenters. The van der Waals surface area contributed by atoms with E-state index in [2.05, 4.69) is 37.3 Å². The number of halogens is 1. The number of benzene rings is 2. The third-order valence-corrected chi connectivity index (χ3v) is 6.11. The van der Waals surface area contributed by atoms with Gasteiger partial charge in [-0.2, -0.15) is 4.37 Å². The molecule has 0 radical (unpaired) electrons. The van der Waals surface area contributed by atoms with Crippen molar-refractivity contribution in [1.29, 1.82) is 0 Å². The molecule has 0 aliphatic carbocycles. The maximum atomic E-state index is 12.7. The normalized spacial score (nSPS) is 14.4. The average Bonchev–Trinajstić information content (AvgIpc) is 3.17. The van der Waals surface area contributed by atoms with Crippen LogP contribution >= 0.6 is 27.5 Å². The number of piperazine rings is 1. The Morgan fingerprint density at radius 3 is 2.44 bits per heavy atom. The topological polar surface area (TPSA) is 49.3 Å². The van der Waals surface area contributed by atoms with E-state index in [1.54, 1.807) is 0 Å². The fourth-order valence-corrected chi connectivity index (χ4v) is 4.32. The predicted octanol–water partition coefficient (Wildman–Crippen LogP) is 3.85. The van der Waals surface area contributed by atoms with Gasteiger partial charge in [-0.25, -0.2) is 4.98 Å². The second-order valence-corrected chi connectivity index (χ2v) is 8.00. The Bertz CT molecular complexity index is 922. The molecule has 7 heteroatoms. The van der Waals surface area contributed by atoms with E-state index in [9.17, 15) is 4.79 Å². The highest BCUT2D eigenvalue weighted by Crippen LogP contribution is 2.22. The summed E-state index contributed by atoms with van der Waals surface area (Å²) < 4.78 is 5.34. The van der Waals surface area contributed by atoms with Crippen molar-refractivity contribution in [2.24, 2.45) is 0 Å². The Hall–Kier alpha value is -2.25. The van der Waals surface area contributed by atoms with E-state index in [1.807, 2.05) is 47.4 Å². The minimum absolute atomic E-state index is 0.0733. The summed E-state index contributed by atoms with van der Waals surface area (Å²) in [6.07, 6.45) is 0.748. The van der Waals surface area contributed by atoms with Crippen LogP contribution in [0.3, 0.4) is 0 Å². The van der Waals surface area contributed by atoms with Crippen LogP contribution in [0.25, 0.3) is 0 Å². The van der Waals surface area contributed by atoms with Gasteiger partial charge in [-0.05, 0) is 33.6 Å². The van der Waals surface area contributed by atoms with Gasteiger partial charge in [0.15, 0.2) is 0 Å². The van der Waals surface area contributed by atoms with Crippen LogP contribution in [0.5, 0.6) is 0 Å². The monoisotopic (exact) mass is 442 g/mol. The van der Waals surface area contributed by atoms with E-state index in [0.29, 0.717) is 18.7 Å². The van der Waals surface area contributed by atoms with Crippen LogP contribution in [0.2, 0.25) is 0 Å². The molecule has 5 nitrogen and oxygen atoms in total. The first-order valence-electron chi connectivity index (χ1n) is 8.86. The standard InChI is InChI=1S/C20H19BrN4OS/c21-17-9-5-4-8-16(17)19(26)24-10-12-25(13-11-24)20-22-18(23-27-20)14-15-6-2-1-3-7-15/h1-9H,10-14H2. The molecular weight excluding hydrogens is 424 g/mol. The average molecular weight is 443 g/mol. The molecule has 1 saturated heterocycles. The molecule has 1 aliphatic rings. The number of rotatable bonds is 4. The third kappa shape index (κ3) is 4.20. The zero-order valence-corrected chi connectivity index (χ0v) is 17.1. The summed E-state index contributed by atoms with van der Waals surface area (Å²) in [5.41, 5.74) is 1.93. The number of hydrogen-bond donors (Lipinski definition) is 0. The number of amides is 1. The highest BCUT2D eigenvalue weighted by molar-refractivity contribution is 9.10. The molecule has 1 amide bonds. The fourth-order valence-electron chi connectivity index (χ4n) is 3.13. The van der Waals surface area contributed by atoms with Crippen molar-refractivity contribution in [3.8, 4) is 0 Å². The molecule has 0 unspecified atom stereocenters. The Morgan fingerprint density at radius 2 is 1.70 bits per heavy atom. The Labute approximate surface area is 170 Å². The highest BCUT2D eigenvalue weighted by atomic mass is 79.9. The molecule has 1 aliphatic heterocycles. The number of hydrogen-bond acceptors (Lipinski definition) is 5. The predicted molar refractivity (Wildman–Crippen MR) is 111 cm³/mol. The lowest BCUT2D eigenvalue weighted by atomic mass is 10.1. The van der Waals surface area contributed by atoms with Gasteiger partial charge in [-0.15, -0.1) is 0 Å². The summed E-state index contributed by atoms with van der Waals surface area (Å²) in [5, 5.41) is 0.939. The van der Waals surface area contributed by atoms with Crippen LogP contribution in [-0.2, 0) is 6.42 Å². The molecule has 0 N–H and O–H groups in total. The summed E-state index contributed by atoms with van der Waals surface area (Å²) in [7, 11) is 0. The van der Waals surface area contributed by atoms with Gasteiger partial charge in [0.25, 0.3) is 5.91 Å². The number of nitrogens with zero attached hydrogens (tertiary/aromatic N) is 4. The summed E-state index contributed by atoms with van der Waals surface area (Å²) in [5.74, 6) is 0.928. The van der Waals surface area contributed by atoms with E-state index in [4.69, 9.17) is 4.98 Å². The Kier molecular flexibility index (Phi) is 5.50. The van der Waals surface area contributed by atoms with Gasteiger partial charge < -0.3 is 9.80 Å². The SMILES string of the molecule is O=C(c1ccccc1Br)N1CCN(c2nc(Cc3ccccc3)ns2)CC1. The zero-order chi connectivity index (χ0) is 18.6. The van der Waals surface area contributed by atoms with Crippen LogP contribution in [0.4, 0.5) is 5.13 Å². The number of carbonyl (C=O) groups is 1. The first-order valence-corrected chi connectivity index (χ1v) is 10.4. The molecule has 0 spiro atoms. The largest absolute Gasteiger partial charge is 0.343 e. The summed E-state index contributed by atoms with van der Waals surface area (Å²) in [6.45, 7) is 2.92. The molecule has 0 bridgehead atoms. The van der Waals surface area contributed by atoms with E-state index >= 15 is 0 Å². The highest BCUT2D eigenvalue weighted by Gasteiger charge is 2.25. The van der Waals surface area contributed by atoms with Crippen molar-refractivity contribution in [3.63, 3.8) is 0 Å². The molecule has 1 fully saturated rings. The maximum absolute atomic E-state index is 12.7. The van der Waals surface area contributed by atoms with E-state index < -0.39 is 0 Å². The summed E-state index contributed by atoms with van der Waals surface area (Å²) >= 11 is 4.91. The van der Waals surface area contributed by atoms with Gasteiger partial charge in [0, 0.05) is 48.6 Å². The van der Waals surface area contributed by atoms with Gasteiger partial charge >= 0.3 is 0 Å². The second-order valence-electron chi connectivity index (χ2n) is 6.41. The molecule has 138 valence electrons. The molecule has 3 aromatic rings. The van der Waals surface area contributed by atoms with Gasteiger partial charge in [-0.3, -0.25) is 4.79 Å². The fraction of sp³-hybridized carbons (Fsp3) is 0.250. The molecular formula is C20H19BrN4OS.